The number of non-ortho nitro benzene ring substituents is 1. The first kappa shape index (κ1) is 25.8. The van der Waals surface area contributed by atoms with Crippen LogP contribution in [0.1, 0.15) is 10.6 Å². The van der Waals surface area contributed by atoms with Crippen LogP contribution in [0.5, 0.6) is 0 Å². The van der Waals surface area contributed by atoms with Crippen LogP contribution in [0.15, 0.2) is 87.7 Å². The van der Waals surface area contributed by atoms with E-state index in [2.05, 4.69) is 10.3 Å². The topological polar surface area (TPSA) is 132 Å². The predicted molar refractivity (Wildman–Crippen MR) is 138 cm³/mol. The highest BCUT2D eigenvalue weighted by Gasteiger charge is 2.16. The summed E-state index contributed by atoms with van der Waals surface area (Å²) < 4.78 is 24.4. The van der Waals surface area contributed by atoms with Crippen molar-refractivity contribution in [1.82, 2.24) is 9.88 Å². The van der Waals surface area contributed by atoms with Gasteiger partial charge in [0.05, 0.1) is 4.92 Å². The Morgan fingerprint density at radius 3 is 2.42 bits per heavy atom. The van der Waals surface area contributed by atoms with Gasteiger partial charge in [-0.05, 0) is 54.6 Å². The summed E-state index contributed by atoms with van der Waals surface area (Å²) in [6.07, 6.45) is 0.750. The summed E-state index contributed by atoms with van der Waals surface area (Å²) in [4.78, 5) is 38.4. The van der Waals surface area contributed by atoms with Gasteiger partial charge in [-0.15, -0.1) is 0 Å². The molecule has 0 unspecified atom stereocenters. The van der Waals surface area contributed by atoms with Crippen LogP contribution in [0.4, 0.5) is 15.8 Å². The molecule has 0 saturated carbocycles. The van der Waals surface area contributed by atoms with Gasteiger partial charge in [0.25, 0.3) is 11.6 Å². The third-order valence-corrected chi connectivity index (χ3v) is 5.12. The molecule has 2 aromatic heterocycles. The number of nitrogens with one attached hydrogen (secondary N) is 1. The van der Waals surface area contributed by atoms with Crippen LogP contribution in [0.3, 0.4) is 0 Å². The highest BCUT2D eigenvalue weighted by molar-refractivity contribution is 6.03. The lowest BCUT2D eigenvalue weighted by Gasteiger charge is -2.02. The standard InChI is InChI=1S/C24H14FN3O5.C3H7NO/c25-16-6-4-14(5-7-16)24-27-19-13-17(8-9-21(19)33-24)26-23(29)22-11-10-20(32-22)15-2-1-3-18(12-15)28(30)31;1-4(2)3-5/h1-13H,(H,26,29);3H,1-2H3. The second-order valence-corrected chi connectivity index (χ2v) is 8.20. The first-order valence-electron chi connectivity index (χ1n) is 11.2. The molecule has 0 aliphatic carbocycles. The van der Waals surface area contributed by atoms with Crippen LogP contribution in [-0.2, 0) is 4.79 Å². The Hall–Kier alpha value is -5.32. The minimum absolute atomic E-state index is 0.0451. The van der Waals surface area contributed by atoms with Crippen molar-refractivity contribution in [2.75, 3.05) is 19.4 Å². The number of carbonyl (C=O) groups is 2. The number of amides is 2. The molecule has 192 valence electrons. The Bertz CT molecular complexity index is 1610. The summed E-state index contributed by atoms with van der Waals surface area (Å²) in [5.41, 5.74) is 2.54. The molecule has 2 heterocycles. The molecule has 2 amide bonds. The number of oxazole rings is 1. The quantitative estimate of drug-likeness (QED) is 0.172. The Kier molecular flexibility index (Phi) is 7.57. The number of nitro groups is 1. The average molecular weight is 516 g/mol. The number of hydrogen-bond donors (Lipinski definition) is 1. The fraction of sp³-hybridized carbons (Fsp3) is 0.0741. The zero-order chi connectivity index (χ0) is 27.2. The zero-order valence-corrected chi connectivity index (χ0v) is 20.3. The second kappa shape index (κ2) is 11.2. The maximum atomic E-state index is 13.1. The van der Waals surface area contributed by atoms with Crippen LogP contribution in [0.2, 0.25) is 0 Å². The Morgan fingerprint density at radius 2 is 1.74 bits per heavy atom. The Balaban J connectivity index is 0.000000617. The first-order valence-corrected chi connectivity index (χ1v) is 11.2. The zero-order valence-electron chi connectivity index (χ0n) is 20.3. The number of nitrogens with zero attached hydrogens (tertiary/aromatic N) is 3. The number of halogens is 1. The van der Waals surface area contributed by atoms with E-state index in [0.717, 1.165) is 6.41 Å². The van der Waals surface area contributed by atoms with Gasteiger partial charge in [-0.1, -0.05) is 12.1 Å². The van der Waals surface area contributed by atoms with E-state index < -0.39 is 10.8 Å². The number of carbonyl (C=O) groups excluding carboxylic acids is 2. The molecule has 0 atom stereocenters. The van der Waals surface area contributed by atoms with Crippen LogP contribution in [0.25, 0.3) is 33.9 Å². The maximum absolute atomic E-state index is 13.1. The first-order chi connectivity index (χ1) is 18.2. The molecule has 0 bridgehead atoms. The van der Waals surface area contributed by atoms with E-state index in [0.29, 0.717) is 39.6 Å². The molecular formula is C27H21FN4O6. The molecule has 0 aliphatic rings. The lowest BCUT2D eigenvalue weighted by Crippen LogP contribution is -2.10. The van der Waals surface area contributed by atoms with Crippen LogP contribution in [0, 0.1) is 15.9 Å². The van der Waals surface area contributed by atoms with Crippen molar-refractivity contribution >= 4 is 34.8 Å². The molecule has 0 spiro atoms. The van der Waals surface area contributed by atoms with E-state index in [1.807, 2.05) is 0 Å². The summed E-state index contributed by atoms with van der Waals surface area (Å²) in [5.74, 6) is -0.135. The van der Waals surface area contributed by atoms with Gasteiger partial charge in [0.2, 0.25) is 12.3 Å². The lowest BCUT2D eigenvalue weighted by molar-refractivity contribution is -0.384. The Morgan fingerprint density at radius 1 is 1.00 bits per heavy atom. The summed E-state index contributed by atoms with van der Waals surface area (Å²) in [6, 6.07) is 19.8. The molecule has 38 heavy (non-hydrogen) atoms. The van der Waals surface area contributed by atoms with Crippen LogP contribution in [-0.4, -0.2) is 41.2 Å². The summed E-state index contributed by atoms with van der Waals surface area (Å²) in [7, 11) is 3.38. The van der Waals surface area contributed by atoms with Crippen molar-refractivity contribution in [1.29, 1.82) is 0 Å². The number of hydrogen-bond acceptors (Lipinski definition) is 7. The monoisotopic (exact) mass is 516 g/mol. The number of aromatic nitrogens is 1. The second-order valence-electron chi connectivity index (χ2n) is 8.20. The minimum atomic E-state index is -0.498. The average Bonchev–Trinajstić information content (AvgIpc) is 3.57. The number of nitro benzene ring substituents is 1. The predicted octanol–water partition coefficient (Wildman–Crippen LogP) is 5.76. The van der Waals surface area contributed by atoms with Gasteiger partial charge in [0.15, 0.2) is 11.3 Å². The summed E-state index contributed by atoms with van der Waals surface area (Å²) in [6.45, 7) is 0. The molecule has 0 aliphatic heterocycles. The van der Waals surface area contributed by atoms with Gasteiger partial charge in [-0.25, -0.2) is 9.37 Å². The fourth-order valence-electron chi connectivity index (χ4n) is 3.30. The normalized spacial score (nSPS) is 10.4. The van der Waals surface area contributed by atoms with Crippen molar-refractivity contribution in [3.63, 3.8) is 0 Å². The van der Waals surface area contributed by atoms with Gasteiger partial charge >= 0.3 is 0 Å². The molecule has 3 aromatic carbocycles. The largest absolute Gasteiger partial charge is 0.451 e. The molecule has 5 aromatic rings. The van der Waals surface area contributed by atoms with E-state index in [-0.39, 0.29) is 17.3 Å². The van der Waals surface area contributed by atoms with E-state index >= 15 is 0 Å². The molecule has 5 rings (SSSR count). The molecule has 11 heteroatoms. The maximum Gasteiger partial charge on any atom is 0.291 e. The third-order valence-electron chi connectivity index (χ3n) is 5.12. The number of rotatable bonds is 6. The number of benzene rings is 3. The van der Waals surface area contributed by atoms with E-state index in [4.69, 9.17) is 8.83 Å². The summed E-state index contributed by atoms with van der Waals surface area (Å²) in [5, 5.41) is 13.7. The Labute approximate surface area is 215 Å². The molecule has 0 saturated heterocycles. The van der Waals surface area contributed by atoms with Crippen molar-refractivity contribution in [3.05, 3.63) is 101 Å². The number of furan rings is 1. The third kappa shape index (κ3) is 6.08. The van der Waals surface area contributed by atoms with E-state index in [1.54, 1.807) is 62.6 Å². The summed E-state index contributed by atoms with van der Waals surface area (Å²) >= 11 is 0. The van der Waals surface area contributed by atoms with Gasteiger partial charge in [-0.3, -0.25) is 19.7 Å². The fourth-order valence-corrected chi connectivity index (χ4v) is 3.30. The highest BCUT2D eigenvalue weighted by atomic mass is 19.1. The van der Waals surface area contributed by atoms with Gasteiger partial charge < -0.3 is 19.1 Å². The van der Waals surface area contributed by atoms with Crippen molar-refractivity contribution < 1.29 is 27.7 Å². The number of fused-ring (bicyclic) bond motifs is 1. The molecule has 0 fully saturated rings. The SMILES string of the molecule is CN(C)C=O.O=C(Nc1ccc2oc(-c3ccc(F)cc3)nc2c1)c1ccc(-c2cccc([N+](=O)[O-])c2)o1. The van der Waals surface area contributed by atoms with E-state index in [9.17, 15) is 24.1 Å². The smallest absolute Gasteiger partial charge is 0.291 e. The highest BCUT2D eigenvalue weighted by Crippen LogP contribution is 2.28. The van der Waals surface area contributed by atoms with Crippen LogP contribution < -0.4 is 5.32 Å². The van der Waals surface area contributed by atoms with Crippen molar-refractivity contribution in [2.45, 2.75) is 0 Å². The van der Waals surface area contributed by atoms with Gasteiger partial charge in [0.1, 0.15) is 17.1 Å². The lowest BCUT2D eigenvalue weighted by atomic mass is 10.1. The van der Waals surface area contributed by atoms with Gasteiger partial charge in [-0.2, -0.15) is 0 Å². The van der Waals surface area contributed by atoms with Crippen LogP contribution >= 0.6 is 0 Å². The van der Waals surface area contributed by atoms with E-state index in [1.165, 1.54) is 35.2 Å². The minimum Gasteiger partial charge on any atom is -0.451 e. The van der Waals surface area contributed by atoms with Gasteiger partial charge in [0, 0.05) is 43.0 Å². The number of anilines is 1. The molecule has 10 nitrogen and oxygen atoms in total. The molecular weight excluding hydrogens is 495 g/mol. The van der Waals surface area contributed by atoms with Crippen molar-refractivity contribution in [2.24, 2.45) is 0 Å². The molecule has 0 radical (unpaired) electrons. The molecule has 1 N–H and O–H groups in total. The van der Waals surface area contributed by atoms with Crippen molar-refractivity contribution in [3.8, 4) is 22.8 Å².